The van der Waals surface area contributed by atoms with Gasteiger partial charge in [0, 0.05) is 38.9 Å². The number of benzene rings is 9. The van der Waals surface area contributed by atoms with E-state index in [9.17, 15) is 0 Å². The molecule has 280 valence electrons. The Balaban J connectivity index is 0.966. The second-order valence-electron chi connectivity index (χ2n) is 16.2. The van der Waals surface area contributed by atoms with Gasteiger partial charge in [0.15, 0.2) is 0 Å². The third-order valence-corrected chi connectivity index (χ3v) is 12.4. The fourth-order valence-electron chi connectivity index (χ4n) is 9.48. The average molecular weight is 755 g/mol. The van der Waals surface area contributed by atoms with E-state index < -0.39 is 0 Å². The third kappa shape index (κ3) is 5.79. The van der Waals surface area contributed by atoms with Crippen LogP contribution >= 0.6 is 0 Å². The zero-order valence-electron chi connectivity index (χ0n) is 33.2. The minimum absolute atomic E-state index is 0.0972. The number of rotatable bonds is 7. The maximum atomic E-state index is 2.41. The zero-order valence-corrected chi connectivity index (χ0v) is 33.2. The summed E-state index contributed by atoms with van der Waals surface area (Å²) in [5.41, 5.74) is 19.5. The Hall–Kier alpha value is -7.42. The molecule has 59 heavy (non-hydrogen) atoms. The van der Waals surface area contributed by atoms with Crippen molar-refractivity contribution in [2.45, 2.75) is 19.3 Å². The van der Waals surface area contributed by atoms with Crippen LogP contribution in [-0.4, -0.2) is 4.57 Å². The fourth-order valence-corrected chi connectivity index (χ4v) is 9.48. The number of fused-ring (bicyclic) bond motifs is 6. The Bertz CT molecular complexity index is 3100. The maximum Gasteiger partial charge on any atom is 0.0541 e. The SMILES string of the molecule is CC1(C)c2ccccc2-c2ccc(N(c3ccc(-c4ccccc4)cc3)c3ccc(-c4ccccc4-c4ccc(-n5c6ccccc6c6ccccc65)cc4)cc3)cc21. The van der Waals surface area contributed by atoms with Crippen LogP contribution < -0.4 is 4.90 Å². The lowest BCUT2D eigenvalue weighted by Crippen LogP contribution is -2.16. The van der Waals surface area contributed by atoms with Crippen molar-refractivity contribution in [2.75, 3.05) is 4.90 Å². The van der Waals surface area contributed by atoms with Crippen molar-refractivity contribution >= 4 is 38.9 Å². The first-order valence-corrected chi connectivity index (χ1v) is 20.5. The molecular weight excluding hydrogens is 713 g/mol. The summed E-state index contributed by atoms with van der Waals surface area (Å²) in [5, 5.41) is 2.55. The van der Waals surface area contributed by atoms with Crippen LogP contribution in [0.25, 0.3) is 72.0 Å². The molecule has 1 aromatic heterocycles. The molecule has 1 heterocycles. The number of para-hydroxylation sites is 2. The molecule has 1 aliphatic carbocycles. The smallest absolute Gasteiger partial charge is 0.0541 e. The van der Waals surface area contributed by atoms with Crippen molar-refractivity contribution in [1.82, 2.24) is 4.57 Å². The van der Waals surface area contributed by atoms with Gasteiger partial charge in [0.2, 0.25) is 0 Å². The summed E-state index contributed by atoms with van der Waals surface area (Å²) in [5.74, 6) is 0. The molecule has 0 spiro atoms. The minimum Gasteiger partial charge on any atom is -0.310 e. The van der Waals surface area contributed by atoms with Crippen LogP contribution in [0.5, 0.6) is 0 Å². The molecule has 9 aromatic carbocycles. The van der Waals surface area contributed by atoms with Crippen LogP contribution in [0.2, 0.25) is 0 Å². The van der Waals surface area contributed by atoms with Crippen molar-refractivity contribution in [3.8, 4) is 50.2 Å². The van der Waals surface area contributed by atoms with Crippen LogP contribution in [-0.2, 0) is 5.41 Å². The molecule has 0 aliphatic heterocycles. The van der Waals surface area contributed by atoms with Crippen molar-refractivity contribution in [2.24, 2.45) is 0 Å². The van der Waals surface area contributed by atoms with Gasteiger partial charge in [0.25, 0.3) is 0 Å². The molecule has 0 atom stereocenters. The number of nitrogens with zero attached hydrogens (tertiary/aromatic N) is 2. The van der Waals surface area contributed by atoms with Crippen molar-refractivity contribution in [3.05, 3.63) is 230 Å². The normalized spacial score (nSPS) is 12.7. The fraction of sp³-hybridized carbons (Fsp3) is 0.0526. The molecule has 0 unspecified atom stereocenters. The number of hydrogen-bond donors (Lipinski definition) is 0. The molecular formula is C57H42N2. The van der Waals surface area contributed by atoms with E-state index in [0.29, 0.717) is 0 Å². The lowest BCUT2D eigenvalue weighted by molar-refractivity contribution is 0.660. The highest BCUT2D eigenvalue weighted by molar-refractivity contribution is 6.09. The van der Waals surface area contributed by atoms with E-state index in [0.717, 1.165) is 22.7 Å². The van der Waals surface area contributed by atoms with Gasteiger partial charge in [-0.25, -0.2) is 0 Å². The molecule has 0 saturated carbocycles. The second-order valence-corrected chi connectivity index (χ2v) is 16.2. The standard InChI is InChI=1S/C57H42N2/c1-57(2)53-21-11-8-18-49(53)50-37-36-46(38-54(50)57)58(43-30-24-40(25-31-43)39-14-4-3-5-15-39)44-32-26-41(27-33-44)47-16-6-7-17-48(47)42-28-34-45(35-29-42)59-55-22-12-9-19-51(55)52-20-10-13-23-56(52)59/h3-38H,1-2H3. The van der Waals surface area contributed by atoms with E-state index in [4.69, 9.17) is 0 Å². The van der Waals surface area contributed by atoms with E-state index in [-0.39, 0.29) is 5.41 Å². The summed E-state index contributed by atoms with van der Waals surface area (Å²) in [6.45, 7) is 4.70. The zero-order chi connectivity index (χ0) is 39.5. The van der Waals surface area contributed by atoms with Gasteiger partial charge in [0.05, 0.1) is 11.0 Å². The molecule has 0 amide bonds. The third-order valence-electron chi connectivity index (χ3n) is 12.4. The Morgan fingerprint density at radius 3 is 1.39 bits per heavy atom. The van der Waals surface area contributed by atoms with E-state index >= 15 is 0 Å². The Labute approximate surface area is 345 Å². The van der Waals surface area contributed by atoms with Crippen LogP contribution in [0.4, 0.5) is 17.1 Å². The summed E-state index contributed by atoms with van der Waals surface area (Å²) >= 11 is 0. The topological polar surface area (TPSA) is 8.17 Å². The predicted octanol–water partition coefficient (Wildman–Crippen LogP) is 15.6. The first-order valence-electron chi connectivity index (χ1n) is 20.5. The van der Waals surface area contributed by atoms with Gasteiger partial charge < -0.3 is 9.47 Å². The number of anilines is 3. The summed E-state index contributed by atoms with van der Waals surface area (Å²) in [6.07, 6.45) is 0. The molecule has 0 bridgehead atoms. The summed E-state index contributed by atoms with van der Waals surface area (Å²) < 4.78 is 2.38. The highest BCUT2D eigenvalue weighted by Crippen LogP contribution is 2.51. The van der Waals surface area contributed by atoms with Crippen LogP contribution in [0, 0.1) is 0 Å². The van der Waals surface area contributed by atoms with Crippen molar-refractivity contribution < 1.29 is 0 Å². The van der Waals surface area contributed by atoms with Crippen molar-refractivity contribution in [3.63, 3.8) is 0 Å². The lowest BCUT2D eigenvalue weighted by Gasteiger charge is -2.28. The van der Waals surface area contributed by atoms with Gasteiger partial charge in [-0.2, -0.15) is 0 Å². The van der Waals surface area contributed by atoms with Gasteiger partial charge in [-0.05, 0) is 116 Å². The van der Waals surface area contributed by atoms with E-state index in [1.807, 2.05) is 0 Å². The van der Waals surface area contributed by atoms with E-state index in [1.54, 1.807) is 0 Å². The quantitative estimate of drug-likeness (QED) is 0.157. The Morgan fingerprint density at radius 1 is 0.339 bits per heavy atom. The van der Waals surface area contributed by atoms with Crippen LogP contribution in [0.1, 0.15) is 25.0 Å². The molecule has 0 radical (unpaired) electrons. The lowest BCUT2D eigenvalue weighted by atomic mass is 9.82. The van der Waals surface area contributed by atoms with Crippen LogP contribution in [0.3, 0.4) is 0 Å². The van der Waals surface area contributed by atoms with Gasteiger partial charge in [0.1, 0.15) is 0 Å². The highest BCUT2D eigenvalue weighted by atomic mass is 15.1. The molecule has 2 nitrogen and oxygen atoms in total. The molecule has 1 aliphatic rings. The molecule has 10 aromatic rings. The molecule has 11 rings (SSSR count). The summed E-state index contributed by atoms with van der Waals surface area (Å²) in [7, 11) is 0. The average Bonchev–Trinajstić information content (AvgIpc) is 3.75. The predicted molar refractivity (Wildman–Crippen MR) is 249 cm³/mol. The van der Waals surface area contributed by atoms with E-state index in [2.05, 4.69) is 242 Å². The second kappa shape index (κ2) is 13.9. The highest BCUT2D eigenvalue weighted by Gasteiger charge is 2.35. The minimum atomic E-state index is -0.0972. The number of aromatic nitrogens is 1. The van der Waals surface area contributed by atoms with Gasteiger partial charge in [-0.3, -0.25) is 0 Å². The monoisotopic (exact) mass is 754 g/mol. The maximum absolute atomic E-state index is 2.41. The molecule has 0 saturated heterocycles. The Morgan fingerprint density at radius 2 is 0.780 bits per heavy atom. The first-order chi connectivity index (χ1) is 29.0. The largest absolute Gasteiger partial charge is 0.310 e. The summed E-state index contributed by atoms with van der Waals surface area (Å²) in [6, 6.07) is 79.7. The molecule has 2 heteroatoms. The Kier molecular flexibility index (Phi) is 8.20. The van der Waals surface area contributed by atoms with Gasteiger partial charge in [-0.1, -0.05) is 172 Å². The molecule has 0 N–H and O–H groups in total. The number of hydrogen-bond acceptors (Lipinski definition) is 1. The van der Waals surface area contributed by atoms with E-state index in [1.165, 1.54) is 77.4 Å². The van der Waals surface area contributed by atoms with Gasteiger partial charge in [-0.15, -0.1) is 0 Å². The van der Waals surface area contributed by atoms with Crippen LogP contribution in [0.15, 0.2) is 218 Å². The summed E-state index contributed by atoms with van der Waals surface area (Å²) in [4.78, 5) is 2.40. The van der Waals surface area contributed by atoms with Gasteiger partial charge >= 0.3 is 0 Å². The van der Waals surface area contributed by atoms with Crippen molar-refractivity contribution in [1.29, 1.82) is 0 Å². The molecule has 0 fully saturated rings. The first kappa shape index (κ1) is 34.8.